The van der Waals surface area contributed by atoms with Gasteiger partial charge in [0.1, 0.15) is 5.82 Å². The quantitative estimate of drug-likeness (QED) is 0.399. The van der Waals surface area contributed by atoms with Crippen molar-refractivity contribution in [1.29, 1.82) is 0 Å². The van der Waals surface area contributed by atoms with Crippen LogP contribution in [0.3, 0.4) is 0 Å². The van der Waals surface area contributed by atoms with E-state index < -0.39 is 0 Å². The molecule has 7 heteroatoms. The van der Waals surface area contributed by atoms with Crippen molar-refractivity contribution >= 4 is 29.1 Å². The number of hydrogen-bond donors (Lipinski definition) is 3. The van der Waals surface area contributed by atoms with Crippen molar-refractivity contribution in [3.63, 3.8) is 0 Å². The second-order valence-corrected chi connectivity index (χ2v) is 9.46. The fourth-order valence-electron chi connectivity index (χ4n) is 4.56. The van der Waals surface area contributed by atoms with Gasteiger partial charge in [-0.3, -0.25) is 0 Å². The van der Waals surface area contributed by atoms with Gasteiger partial charge in [-0.25, -0.2) is 4.98 Å². The molecule has 1 saturated carbocycles. The number of thiocarbonyl (C=S) groups is 1. The van der Waals surface area contributed by atoms with Gasteiger partial charge in [-0.2, -0.15) is 4.98 Å². The summed E-state index contributed by atoms with van der Waals surface area (Å²) in [5.41, 5.74) is 2.59. The first-order valence-corrected chi connectivity index (χ1v) is 12.4. The Morgan fingerprint density at radius 1 is 1.00 bits per heavy atom. The van der Waals surface area contributed by atoms with Crippen LogP contribution in [0.1, 0.15) is 82.4 Å². The monoisotopic (exact) mass is 432 g/mol. The summed E-state index contributed by atoms with van der Waals surface area (Å²) in [6.45, 7) is 3.22. The van der Waals surface area contributed by atoms with E-state index in [1.807, 2.05) is 0 Å². The minimum absolute atomic E-state index is 0.440. The Hall–Kier alpha value is -1.63. The number of hydrogen-bond acceptors (Lipinski definition) is 5. The van der Waals surface area contributed by atoms with Gasteiger partial charge in [0.25, 0.3) is 0 Å². The van der Waals surface area contributed by atoms with Gasteiger partial charge in [0, 0.05) is 38.3 Å². The summed E-state index contributed by atoms with van der Waals surface area (Å²) in [6.07, 6.45) is 14.2. The average Bonchev–Trinajstić information content (AvgIpc) is 2.74. The van der Waals surface area contributed by atoms with Gasteiger partial charge in [-0.1, -0.05) is 26.2 Å². The number of aromatic nitrogens is 2. The number of aryl methyl sites for hydroxylation is 1. The molecule has 0 unspecified atom stereocenters. The molecule has 0 amide bonds. The molecule has 0 saturated heterocycles. The van der Waals surface area contributed by atoms with Crippen molar-refractivity contribution in [2.24, 2.45) is 0 Å². The normalized spacial score (nSPS) is 20.9. The van der Waals surface area contributed by atoms with Gasteiger partial charge in [0.2, 0.25) is 5.95 Å². The molecular weight excluding hydrogens is 392 g/mol. The molecule has 1 aromatic heterocycles. The summed E-state index contributed by atoms with van der Waals surface area (Å²) in [5, 5.41) is 11.3. The first-order valence-electron chi connectivity index (χ1n) is 11.9. The molecule has 30 heavy (non-hydrogen) atoms. The molecule has 3 N–H and O–H groups in total. The third kappa shape index (κ3) is 6.69. The van der Waals surface area contributed by atoms with Gasteiger partial charge in [-0.15, -0.1) is 0 Å². The largest absolute Gasteiger partial charge is 0.363 e. The van der Waals surface area contributed by atoms with Crippen LogP contribution in [0, 0.1) is 0 Å². The zero-order valence-corrected chi connectivity index (χ0v) is 19.9. The molecule has 168 valence electrons. The van der Waals surface area contributed by atoms with Crippen molar-refractivity contribution < 1.29 is 0 Å². The summed E-state index contributed by atoms with van der Waals surface area (Å²) in [6, 6.07) is 0.913. The zero-order valence-electron chi connectivity index (χ0n) is 19.1. The third-order valence-electron chi connectivity index (χ3n) is 6.30. The van der Waals surface area contributed by atoms with E-state index in [4.69, 9.17) is 22.2 Å². The lowest BCUT2D eigenvalue weighted by atomic mass is 9.91. The zero-order chi connectivity index (χ0) is 21.3. The number of nitrogens with one attached hydrogen (secondary N) is 3. The summed E-state index contributed by atoms with van der Waals surface area (Å²) < 4.78 is 0. The minimum atomic E-state index is 0.440. The van der Waals surface area contributed by atoms with Crippen molar-refractivity contribution in [3.8, 4) is 0 Å². The summed E-state index contributed by atoms with van der Waals surface area (Å²) in [7, 11) is 4.16. The van der Waals surface area contributed by atoms with Crippen molar-refractivity contribution in [2.45, 2.75) is 96.1 Å². The Kier molecular flexibility index (Phi) is 8.97. The predicted octanol–water partition coefficient (Wildman–Crippen LogP) is 4.19. The maximum atomic E-state index is 5.48. The molecule has 1 fully saturated rings. The van der Waals surface area contributed by atoms with Gasteiger partial charge >= 0.3 is 0 Å². The van der Waals surface area contributed by atoms with Crippen LogP contribution in [0.15, 0.2) is 0 Å². The fourth-order valence-corrected chi connectivity index (χ4v) is 4.83. The molecule has 0 bridgehead atoms. The highest BCUT2D eigenvalue weighted by atomic mass is 32.1. The molecular formula is C23H40N6S. The molecule has 0 spiro atoms. The van der Waals surface area contributed by atoms with Crippen LogP contribution in [0.2, 0.25) is 0 Å². The average molecular weight is 433 g/mol. The molecule has 0 aromatic carbocycles. The lowest BCUT2D eigenvalue weighted by Gasteiger charge is -2.31. The van der Waals surface area contributed by atoms with Crippen molar-refractivity contribution in [1.82, 2.24) is 20.6 Å². The fraction of sp³-hybridized carbons (Fsp3) is 0.783. The molecule has 0 atom stereocenters. The molecule has 2 aliphatic rings. The summed E-state index contributed by atoms with van der Waals surface area (Å²) in [5.74, 6) is 1.90. The smallest absolute Gasteiger partial charge is 0.225 e. The van der Waals surface area contributed by atoms with E-state index in [-0.39, 0.29) is 0 Å². The van der Waals surface area contributed by atoms with Crippen LogP contribution in [0.4, 0.5) is 11.8 Å². The Morgan fingerprint density at radius 3 is 2.47 bits per heavy atom. The van der Waals surface area contributed by atoms with Gasteiger partial charge in [0.05, 0.1) is 5.69 Å². The molecule has 1 heterocycles. The Balaban J connectivity index is 1.45. The first-order chi connectivity index (χ1) is 14.6. The molecule has 1 aromatic rings. The highest BCUT2D eigenvalue weighted by molar-refractivity contribution is 7.80. The van der Waals surface area contributed by atoms with E-state index in [9.17, 15) is 0 Å². The summed E-state index contributed by atoms with van der Waals surface area (Å²) >= 11 is 5.48. The minimum Gasteiger partial charge on any atom is -0.363 e. The molecule has 3 rings (SSSR count). The van der Waals surface area contributed by atoms with E-state index in [1.54, 1.807) is 0 Å². The number of nitrogens with zero attached hydrogens (tertiary/aromatic N) is 3. The highest BCUT2D eigenvalue weighted by Crippen LogP contribution is 2.29. The second-order valence-electron chi connectivity index (χ2n) is 9.05. The van der Waals surface area contributed by atoms with Gasteiger partial charge < -0.3 is 20.9 Å². The molecule has 0 radical (unpaired) electrons. The van der Waals surface area contributed by atoms with E-state index in [1.165, 1.54) is 49.8 Å². The SMILES string of the molecule is CCCCCCNC(=S)N[C@H]1CC[C@@H](Nc2nc3c(c(N(C)C)n2)CCCC3)CC1. The third-order valence-corrected chi connectivity index (χ3v) is 6.56. The molecule has 2 aliphatic carbocycles. The van der Waals surface area contributed by atoms with Crippen molar-refractivity contribution in [3.05, 3.63) is 11.3 Å². The predicted molar refractivity (Wildman–Crippen MR) is 131 cm³/mol. The van der Waals surface area contributed by atoms with Crippen LogP contribution in [-0.4, -0.2) is 47.8 Å². The standard InChI is InChI=1S/C23H40N6S/c1-4-5-6-9-16-24-23(30)26-18-14-12-17(13-15-18)25-22-27-20-11-8-7-10-19(20)21(28-22)29(2)3/h17-18H,4-16H2,1-3H3,(H2,24,26,30)(H,25,27,28)/t17-,18+. The number of fused-ring (bicyclic) bond motifs is 1. The van der Waals surface area contributed by atoms with Crippen LogP contribution < -0.4 is 20.9 Å². The Bertz CT molecular complexity index is 685. The maximum Gasteiger partial charge on any atom is 0.225 e. The Labute approximate surface area is 188 Å². The van der Waals surface area contributed by atoms with Gasteiger partial charge in [-0.05, 0) is 70.0 Å². The van der Waals surface area contributed by atoms with Gasteiger partial charge in [0.15, 0.2) is 5.11 Å². The van der Waals surface area contributed by atoms with Crippen LogP contribution in [-0.2, 0) is 12.8 Å². The van der Waals surface area contributed by atoms with E-state index in [0.717, 1.165) is 61.9 Å². The number of anilines is 2. The summed E-state index contributed by atoms with van der Waals surface area (Å²) in [4.78, 5) is 11.9. The highest BCUT2D eigenvalue weighted by Gasteiger charge is 2.24. The van der Waals surface area contributed by atoms with E-state index in [0.29, 0.717) is 12.1 Å². The lowest BCUT2D eigenvalue weighted by molar-refractivity contribution is 0.385. The lowest BCUT2D eigenvalue weighted by Crippen LogP contribution is -2.45. The first kappa shape index (κ1) is 23.0. The van der Waals surface area contributed by atoms with Crippen LogP contribution in [0.5, 0.6) is 0 Å². The topological polar surface area (TPSA) is 65.1 Å². The number of unbranched alkanes of at least 4 members (excludes halogenated alkanes) is 3. The molecule has 0 aliphatic heterocycles. The van der Waals surface area contributed by atoms with E-state index >= 15 is 0 Å². The van der Waals surface area contributed by atoms with E-state index in [2.05, 4.69) is 41.9 Å². The Morgan fingerprint density at radius 2 is 1.73 bits per heavy atom. The van der Waals surface area contributed by atoms with Crippen LogP contribution >= 0.6 is 12.2 Å². The molecule has 6 nitrogen and oxygen atoms in total. The van der Waals surface area contributed by atoms with Crippen molar-refractivity contribution in [2.75, 3.05) is 30.9 Å². The number of rotatable bonds is 9. The second kappa shape index (κ2) is 11.7. The van der Waals surface area contributed by atoms with Crippen LogP contribution in [0.25, 0.3) is 0 Å². The maximum absolute atomic E-state index is 5.48.